The molecule has 1 aromatic carbocycles. The minimum atomic E-state index is -1.43. The number of rotatable bonds is 13. The summed E-state index contributed by atoms with van der Waals surface area (Å²) >= 11 is 0. The maximum absolute atomic E-state index is 12.6. The lowest BCUT2D eigenvalue weighted by Crippen LogP contribution is -2.48. The molecule has 0 saturated carbocycles. The van der Waals surface area contributed by atoms with Crippen molar-refractivity contribution in [2.24, 2.45) is 5.92 Å². The van der Waals surface area contributed by atoms with Gasteiger partial charge in [0.1, 0.15) is 5.75 Å². The summed E-state index contributed by atoms with van der Waals surface area (Å²) in [5, 5.41) is 10.3. The predicted molar refractivity (Wildman–Crippen MR) is 120 cm³/mol. The molecular weight excluding hydrogens is 396 g/mol. The Kier molecular flexibility index (Phi) is 9.98. The Hall–Kier alpha value is -2.41. The molecule has 170 valence electrons. The molecule has 0 aliphatic carbocycles. The van der Waals surface area contributed by atoms with Crippen LogP contribution in [0.2, 0.25) is 0 Å². The Morgan fingerprint density at radius 3 is 2.55 bits per heavy atom. The van der Waals surface area contributed by atoms with Crippen LogP contribution in [0.15, 0.2) is 60.7 Å². The molecule has 1 aromatic rings. The Morgan fingerprint density at radius 1 is 1.32 bits per heavy atom. The van der Waals surface area contributed by atoms with Crippen LogP contribution in [0.1, 0.15) is 38.7 Å². The normalized spacial score (nSPS) is 18.1. The molecule has 0 bridgehead atoms. The van der Waals surface area contributed by atoms with Gasteiger partial charge in [-0.1, -0.05) is 42.0 Å². The summed E-state index contributed by atoms with van der Waals surface area (Å²) in [6, 6.07) is 7.42. The lowest BCUT2D eigenvalue weighted by molar-refractivity contribution is -0.174. The van der Waals surface area contributed by atoms with Crippen molar-refractivity contribution in [2.45, 2.75) is 51.6 Å². The number of carboxylic acids is 1. The van der Waals surface area contributed by atoms with Gasteiger partial charge in [-0.15, -0.1) is 6.58 Å². The molecule has 31 heavy (non-hydrogen) atoms. The Balaban J connectivity index is 2.31. The van der Waals surface area contributed by atoms with Crippen LogP contribution in [-0.4, -0.2) is 43.3 Å². The molecule has 2 rings (SSSR count). The minimum absolute atomic E-state index is 0.170. The van der Waals surface area contributed by atoms with Gasteiger partial charge in [-0.25, -0.2) is 4.79 Å². The average molecular weight is 431 g/mol. The van der Waals surface area contributed by atoms with Crippen LogP contribution in [0.4, 0.5) is 0 Å². The first-order valence-corrected chi connectivity index (χ1v) is 10.6. The zero-order valence-electron chi connectivity index (χ0n) is 18.7. The summed E-state index contributed by atoms with van der Waals surface area (Å²) < 4.78 is 22.4. The van der Waals surface area contributed by atoms with Crippen molar-refractivity contribution < 1.29 is 28.8 Å². The topological polar surface area (TPSA) is 74.2 Å². The highest BCUT2D eigenvalue weighted by molar-refractivity contribution is 5.79. The molecule has 0 amide bonds. The average Bonchev–Trinajstić information content (AvgIpc) is 3.30. The van der Waals surface area contributed by atoms with E-state index in [1.54, 1.807) is 13.2 Å². The number of carbonyl (C=O) groups is 1. The maximum Gasteiger partial charge on any atom is 0.336 e. The first-order chi connectivity index (χ1) is 15.0. The molecule has 1 aliphatic heterocycles. The van der Waals surface area contributed by atoms with Gasteiger partial charge in [-0.05, 0) is 44.4 Å². The van der Waals surface area contributed by atoms with Crippen molar-refractivity contribution in [3.05, 3.63) is 66.3 Å². The highest BCUT2D eigenvalue weighted by atomic mass is 16.7. The van der Waals surface area contributed by atoms with Crippen molar-refractivity contribution >= 4 is 5.97 Å². The van der Waals surface area contributed by atoms with Gasteiger partial charge in [0, 0.05) is 12.3 Å². The van der Waals surface area contributed by atoms with Crippen LogP contribution in [0.3, 0.4) is 0 Å². The van der Waals surface area contributed by atoms with E-state index in [0.29, 0.717) is 32.5 Å². The van der Waals surface area contributed by atoms with Crippen LogP contribution >= 0.6 is 0 Å². The van der Waals surface area contributed by atoms with E-state index < -0.39 is 17.5 Å². The van der Waals surface area contributed by atoms with Gasteiger partial charge >= 0.3 is 5.97 Å². The predicted octanol–water partition coefficient (Wildman–Crippen LogP) is 4.90. The van der Waals surface area contributed by atoms with Crippen LogP contribution < -0.4 is 4.74 Å². The van der Waals surface area contributed by atoms with E-state index in [4.69, 9.17) is 18.9 Å². The summed E-state index contributed by atoms with van der Waals surface area (Å²) in [6.07, 6.45) is 8.58. The first-order valence-electron chi connectivity index (χ1n) is 10.6. The fraction of sp³-hybridized carbons (Fsp3) is 0.480. The van der Waals surface area contributed by atoms with Crippen LogP contribution in [0.25, 0.3) is 0 Å². The number of hydrogen-bond donors (Lipinski definition) is 1. The Bertz CT molecular complexity index is 761. The summed E-state index contributed by atoms with van der Waals surface area (Å²) in [7, 11) is 1.61. The molecule has 2 atom stereocenters. The second kappa shape index (κ2) is 12.4. The third-order valence-corrected chi connectivity index (χ3v) is 5.44. The molecule has 0 aromatic heterocycles. The van der Waals surface area contributed by atoms with Crippen molar-refractivity contribution in [1.82, 2.24) is 0 Å². The SMILES string of the molecule is C=CCC[C@](OCc1ccc(OC)cc1)(C(=O)O)[C@H](/C=C/C)/C(C)=C\CC1OCCO1. The summed E-state index contributed by atoms with van der Waals surface area (Å²) in [5.74, 6) is -0.705. The van der Waals surface area contributed by atoms with Crippen molar-refractivity contribution in [1.29, 1.82) is 0 Å². The van der Waals surface area contributed by atoms with Crippen LogP contribution in [0.5, 0.6) is 5.75 Å². The summed E-state index contributed by atoms with van der Waals surface area (Å²) in [5.41, 5.74) is 0.343. The second-order valence-electron chi connectivity index (χ2n) is 7.52. The van der Waals surface area contributed by atoms with E-state index in [-0.39, 0.29) is 12.9 Å². The number of ether oxygens (including phenoxy) is 4. The van der Waals surface area contributed by atoms with E-state index in [0.717, 1.165) is 16.9 Å². The zero-order valence-corrected chi connectivity index (χ0v) is 18.7. The molecule has 0 unspecified atom stereocenters. The third-order valence-electron chi connectivity index (χ3n) is 5.44. The smallest absolute Gasteiger partial charge is 0.336 e. The van der Waals surface area contributed by atoms with Crippen molar-refractivity contribution in [3.8, 4) is 5.75 Å². The molecule has 6 heteroatoms. The van der Waals surface area contributed by atoms with Crippen molar-refractivity contribution in [2.75, 3.05) is 20.3 Å². The quantitative estimate of drug-likeness (QED) is 0.449. The Morgan fingerprint density at radius 2 is 2.00 bits per heavy atom. The Labute approximate surface area is 185 Å². The van der Waals surface area contributed by atoms with Crippen LogP contribution in [-0.2, 0) is 25.6 Å². The van der Waals surface area contributed by atoms with E-state index in [1.807, 2.05) is 56.3 Å². The minimum Gasteiger partial charge on any atom is -0.497 e. The van der Waals surface area contributed by atoms with Gasteiger partial charge in [0.05, 0.1) is 26.9 Å². The van der Waals surface area contributed by atoms with Crippen LogP contribution in [0, 0.1) is 5.92 Å². The summed E-state index contributed by atoms with van der Waals surface area (Å²) in [6.45, 7) is 8.92. The molecule has 1 fully saturated rings. The van der Waals surface area contributed by atoms with Gasteiger partial charge in [0.15, 0.2) is 11.9 Å². The first kappa shape index (κ1) is 24.9. The maximum atomic E-state index is 12.6. The molecule has 0 radical (unpaired) electrons. The summed E-state index contributed by atoms with van der Waals surface area (Å²) in [4.78, 5) is 12.6. The molecule has 1 heterocycles. The van der Waals surface area contributed by atoms with E-state index in [1.165, 1.54) is 0 Å². The molecule has 1 aliphatic rings. The number of methoxy groups -OCH3 is 1. The highest BCUT2D eigenvalue weighted by Gasteiger charge is 2.46. The van der Waals surface area contributed by atoms with E-state index in [9.17, 15) is 9.90 Å². The van der Waals surface area contributed by atoms with E-state index in [2.05, 4.69) is 6.58 Å². The molecular formula is C25H34O6. The van der Waals surface area contributed by atoms with Gasteiger partial charge in [-0.2, -0.15) is 0 Å². The molecule has 1 N–H and O–H groups in total. The second-order valence-corrected chi connectivity index (χ2v) is 7.52. The van der Waals surface area contributed by atoms with Crippen molar-refractivity contribution in [3.63, 3.8) is 0 Å². The van der Waals surface area contributed by atoms with Gasteiger partial charge in [0.2, 0.25) is 0 Å². The number of benzene rings is 1. The fourth-order valence-corrected chi connectivity index (χ4v) is 3.69. The molecule has 6 nitrogen and oxygen atoms in total. The zero-order chi connectivity index (χ0) is 22.7. The van der Waals surface area contributed by atoms with Gasteiger partial charge in [0.25, 0.3) is 0 Å². The number of aliphatic carboxylic acids is 1. The molecule has 0 spiro atoms. The highest BCUT2D eigenvalue weighted by Crippen LogP contribution is 2.36. The number of allylic oxidation sites excluding steroid dienone is 2. The lowest BCUT2D eigenvalue weighted by atomic mass is 9.78. The third kappa shape index (κ3) is 6.79. The van der Waals surface area contributed by atoms with E-state index >= 15 is 0 Å². The largest absolute Gasteiger partial charge is 0.497 e. The lowest BCUT2D eigenvalue weighted by Gasteiger charge is -2.36. The number of hydrogen-bond acceptors (Lipinski definition) is 5. The van der Waals surface area contributed by atoms with Gasteiger partial charge in [-0.3, -0.25) is 0 Å². The number of carboxylic acid groups (broad SMARTS) is 1. The standard InChI is InChI=1S/C25H34O6/c1-5-7-15-25(24(26)27,31-18-20-10-12-21(28-4)13-11-20)22(8-6-2)19(3)9-14-23-29-16-17-30-23/h5-6,8-13,22-23H,1,7,14-18H2,2-4H3,(H,26,27)/b8-6+,19-9-/t22-,25-/m1/s1. The fourth-order valence-electron chi connectivity index (χ4n) is 3.69. The monoisotopic (exact) mass is 430 g/mol. The molecule has 1 saturated heterocycles. The van der Waals surface area contributed by atoms with Gasteiger partial charge < -0.3 is 24.1 Å².